The standard InChI is InChI=1S/C28H34F2IN3O3S/c1-3-16-38(35,36)34-14-10-20(11-15-34)22-4-6-25-23(17-22)18-26(37-25)21-8-12-33(13-9-21)27-7-5-24(19-32-27)28(29,30)31-2/h4-7,10,17,19,21,26H,2-3,8-9,11-16,18H2,1H3. The largest absolute Gasteiger partial charge is 0.490 e. The van der Waals surface area contributed by atoms with Crippen LogP contribution in [0.15, 0.2) is 42.6 Å². The molecule has 3 aliphatic heterocycles. The number of sulfonamides is 1. The van der Waals surface area contributed by atoms with Gasteiger partial charge in [-0.1, -0.05) is 23.6 Å². The minimum absolute atomic E-state index is 0.0433. The summed E-state index contributed by atoms with van der Waals surface area (Å²) in [5, 5.41) is 0. The third-order valence-corrected chi connectivity index (χ3v) is 11.4. The number of ether oxygens (including phenoxy) is 1. The zero-order valence-electron chi connectivity index (χ0n) is 21.6. The van der Waals surface area contributed by atoms with E-state index in [1.54, 1.807) is 10.4 Å². The molecular formula is C28H34F2IN3O3S. The maximum absolute atomic E-state index is 13.9. The zero-order valence-corrected chi connectivity index (χ0v) is 24.6. The van der Waals surface area contributed by atoms with Crippen LogP contribution in [0.2, 0.25) is 0 Å². The van der Waals surface area contributed by atoms with Gasteiger partial charge in [-0.15, -0.1) is 0 Å². The van der Waals surface area contributed by atoms with Crippen LogP contribution in [0.3, 0.4) is 0 Å². The van der Waals surface area contributed by atoms with E-state index in [0.717, 1.165) is 49.5 Å². The summed E-state index contributed by atoms with van der Waals surface area (Å²) in [5.74, 6) is 2.31. The number of piperidine rings is 1. The summed E-state index contributed by atoms with van der Waals surface area (Å²) in [7, 11) is -3.17. The highest BCUT2D eigenvalue weighted by Gasteiger charge is 2.34. The third kappa shape index (κ3) is 5.82. The normalized spacial score (nSPS) is 21.2. The minimum atomic E-state index is -3.17. The number of halogens is 3. The lowest BCUT2D eigenvalue weighted by Gasteiger charge is -2.35. The Morgan fingerprint density at radius 3 is 2.61 bits per heavy atom. The predicted molar refractivity (Wildman–Crippen MR) is 157 cm³/mol. The Labute approximate surface area is 233 Å². The molecule has 0 bridgehead atoms. The number of aromatic nitrogens is 1. The summed E-state index contributed by atoms with van der Waals surface area (Å²) in [6.45, 7) is 4.49. The van der Waals surface area contributed by atoms with Crippen LogP contribution in [0.5, 0.6) is 5.75 Å². The van der Waals surface area contributed by atoms with Crippen molar-refractivity contribution in [2.75, 3.05) is 36.8 Å². The molecule has 3 aliphatic rings. The second-order valence-corrected chi connectivity index (χ2v) is 14.4. The fourth-order valence-corrected chi connectivity index (χ4v) is 7.81. The van der Waals surface area contributed by atoms with E-state index in [4.69, 9.17) is 4.74 Å². The quantitative estimate of drug-likeness (QED) is 0.274. The Morgan fingerprint density at radius 2 is 1.97 bits per heavy atom. The molecule has 1 unspecified atom stereocenters. The Morgan fingerprint density at radius 1 is 1.18 bits per heavy atom. The van der Waals surface area contributed by atoms with Gasteiger partial charge in [0.25, 0.3) is 0 Å². The van der Waals surface area contributed by atoms with Gasteiger partial charge in [0.1, 0.15) is 17.7 Å². The van der Waals surface area contributed by atoms with Gasteiger partial charge in [-0.2, -0.15) is 13.1 Å². The van der Waals surface area contributed by atoms with Crippen molar-refractivity contribution >= 4 is 46.7 Å². The monoisotopic (exact) mass is 657 g/mol. The smallest absolute Gasteiger partial charge is 0.317 e. The molecule has 2 aromatic rings. The molecule has 1 atom stereocenters. The van der Waals surface area contributed by atoms with Crippen LogP contribution in [0.25, 0.3) is 5.57 Å². The SMILES string of the molecule is C=IC(F)(F)c1ccc(N2CCC(C3Cc4cc(C5=CCN(S(=O)(=O)CCC)CC5)ccc4O3)CC2)nc1. The van der Waals surface area contributed by atoms with Crippen molar-refractivity contribution in [3.63, 3.8) is 0 Å². The second kappa shape index (κ2) is 11.3. The number of benzene rings is 1. The van der Waals surface area contributed by atoms with Gasteiger partial charge < -0.3 is 9.64 Å². The lowest BCUT2D eigenvalue weighted by Crippen LogP contribution is -2.39. The van der Waals surface area contributed by atoms with Gasteiger partial charge in [-0.05, 0) is 93.3 Å². The summed E-state index contributed by atoms with van der Waals surface area (Å²) < 4.78 is 61.1. The highest BCUT2D eigenvalue weighted by atomic mass is 127. The molecule has 206 valence electrons. The number of alkyl halides is 3. The first-order valence-electron chi connectivity index (χ1n) is 13.2. The molecule has 1 saturated heterocycles. The van der Waals surface area contributed by atoms with Crippen molar-refractivity contribution in [3.05, 3.63) is 59.3 Å². The number of pyridine rings is 1. The number of nitrogens with zero attached hydrogens (tertiary/aromatic N) is 3. The fourth-order valence-electron chi connectivity index (χ4n) is 5.61. The first-order chi connectivity index (χ1) is 18.2. The molecule has 0 aliphatic carbocycles. The summed E-state index contributed by atoms with van der Waals surface area (Å²) >= 11 is -1.47. The Bertz CT molecular complexity index is 1310. The summed E-state index contributed by atoms with van der Waals surface area (Å²) in [5.41, 5.74) is 3.51. The van der Waals surface area contributed by atoms with Crippen LogP contribution in [0.1, 0.15) is 49.3 Å². The first kappa shape index (κ1) is 27.6. The molecule has 0 radical (unpaired) electrons. The van der Waals surface area contributed by atoms with Gasteiger partial charge >= 0.3 is 3.93 Å². The summed E-state index contributed by atoms with van der Waals surface area (Å²) in [4.78, 5) is 6.48. The molecule has 6 nitrogen and oxygen atoms in total. The summed E-state index contributed by atoms with van der Waals surface area (Å²) in [6, 6.07) is 9.53. The van der Waals surface area contributed by atoms with Gasteiger partial charge in [0.15, 0.2) is 0 Å². The average Bonchev–Trinajstić information content (AvgIpc) is 3.37. The molecule has 0 spiro atoms. The van der Waals surface area contributed by atoms with Crippen molar-refractivity contribution in [2.24, 2.45) is 5.92 Å². The van der Waals surface area contributed by atoms with Gasteiger partial charge in [0.2, 0.25) is 10.0 Å². The van der Waals surface area contributed by atoms with Crippen LogP contribution in [0.4, 0.5) is 14.6 Å². The van der Waals surface area contributed by atoms with E-state index >= 15 is 0 Å². The predicted octanol–water partition coefficient (Wildman–Crippen LogP) is 5.58. The molecule has 5 rings (SSSR count). The molecular weight excluding hydrogens is 623 g/mol. The molecule has 1 aromatic carbocycles. The van der Waals surface area contributed by atoms with Gasteiger partial charge in [-0.3, -0.25) is 0 Å². The molecule has 1 aromatic heterocycles. The number of fused-ring (bicyclic) bond motifs is 1. The van der Waals surface area contributed by atoms with E-state index in [-0.39, 0.29) is 17.4 Å². The highest BCUT2D eigenvalue weighted by molar-refractivity contribution is 14.2. The van der Waals surface area contributed by atoms with Gasteiger partial charge in [0.05, 0.1) is 5.75 Å². The van der Waals surface area contributed by atoms with Crippen molar-refractivity contribution < 1.29 is 21.9 Å². The van der Waals surface area contributed by atoms with Gasteiger partial charge in [0, 0.05) is 44.4 Å². The van der Waals surface area contributed by atoms with Crippen LogP contribution < -0.4 is 9.64 Å². The van der Waals surface area contributed by atoms with Crippen molar-refractivity contribution in [1.82, 2.24) is 9.29 Å². The molecule has 10 heteroatoms. The number of hydrogen-bond donors (Lipinski definition) is 0. The maximum atomic E-state index is 13.9. The van der Waals surface area contributed by atoms with E-state index < -0.39 is 34.7 Å². The van der Waals surface area contributed by atoms with E-state index in [2.05, 4.69) is 32.6 Å². The Balaban J connectivity index is 1.17. The van der Waals surface area contributed by atoms with Crippen molar-refractivity contribution in [2.45, 2.75) is 49.1 Å². The number of hydrogen-bond acceptors (Lipinski definition) is 5. The van der Waals surface area contributed by atoms with Crippen molar-refractivity contribution in [1.29, 1.82) is 0 Å². The molecule has 0 amide bonds. The molecule has 1 fully saturated rings. The lowest BCUT2D eigenvalue weighted by atomic mass is 9.88. The Kier molecular flexibility index (Phi) is 8.21. The molecule has 4 heterocycles. The zero-order chi connectivity index (χ0) is 26.9. The van der Waals surface area contributed by atoms with E-state index in [1.807, 2.05) is 13.0 Å². The molecule has 0 N–H and O–H groups in total. The minimum Gasteiger partial charge on any atom is -0.490 e. The summed E-state index contributed by atoms with van der Waals surface area (Å²) in [6.07, 6.45) is 7.61. The Hall–Kier alpha value is -1.92. The second-order valence-electron chi connectivity index (χ2n) is 10.2. The fraction of sp³-hybridized carbons (Fsp3) is 0.500. The number of anilines is 1. The maximum Gasteiger partial charge on any atom is 0.317 e. The van der Waals surface area contributed by atoms with Crippen molar-refractivity contribution in [3.8, 4) is 5.75 Å². The first-order valence-corrected chi connectivity index (χ1v) is 17.4. The van der Waals surface area contributed by atoms with Crippen LogP contribution in [0, 0.1) is 5.92 Å². The number of rotatable bonds is 8. The van der Waals surface area contributed by atoms with E-state index in [0.29, 0.717) is 31.8 Å². The molecule has 0 saturated carbocycles. The van der Waals surface area contributed by atoms with E-state index in [9.17, 15) is 17.2 Å². The van der Waals surface area contributed by atoms with Crippen LogP contribution in [-0.4, -0.2) is 60.3 Å². The lowest BCUT2D eigenvalue weighted by molar-refractivity contribution is 0.127. The third-order valence-electron chi connectivity index (χ3n) is 7.79. The van der Waals surface area contributed by atoms with Crippen LogP contribution >= 0.6 is 20.7 Å². The average molecular weight is 658 g/mol. The highest BCUT2D eigenvalue weighted by Crippen LogP contribution is 2.40. The topological polar surface area (TPSA) is 62.7 Å². The molecule has 38 heavy (non-hydrogen) atoms. The van der Waals surface area contributed by atoms with Crippen LogP contribution in [-0.2, 0) is 20.4 Å². The van der Waals surface area contributed by atoms with Gasteiger partial charge in [-0.25, -0.2) is 13.4 Å². The van der Waals surface area contributed by atoms with E-state index in [1.165, 1.54) is 23.4 Å².